The van der Waals surface area contributed by atoms with Crippen LogP contribution in [0.3, 0.4) is 0 Å². The summed E-state index contributed by atoms with van der Waals surface area (Å²) in [6.07, 6.45) is -3.56. The Balaban J connectivity index is 2.49. The Hall–Kier alpha value is -2.22. The van der Waals surface area contributed by atoms with E-state index in [4.69, 9.17) is 21.7 Å². The van der Waals surface area contributed by atoms with Crippen LogP contribution in [0.1, 0.15) is 43.2 Å². The molecule has 0 aliphatic carbocycles. The molecule has 0 spiro atoms. The minimum Gasteiger partial charge on any atom is -0.490 e. The topological polar surface area (TPSA) is 59.5 Å². The second kappa shape index (κ2) is 10.4. The maximum atomic E-state index is 12.8. The number of halogens is 3. The van der Waals surface area contributed by atoms with E-state index in [0.29, 0.717) is 28.3 Å². The lowest BCUT2D eigenvalue weighted by atomic mass is 9.95. The summed E-state index contributed by atoms with van der Waals surface area (Å²) >= 11 is 6.77. The van der Waals surface area contributed by atoms with Gasteiger partial charge in [0.05, 0.1) is 30.2 Å². The molecule has 10 heteroatoms. The largest absolute Gasteiger partial charge is 0.490 e. The van der Waals surface area contributed by atoms with Crippen molar-refractivity contribution in [1.82, 2.24) is 4.57 Å². The fraction of sp³-hybridized carbons (Fsp3) is 0.476. The molecule has 0 saturated heterocycles. The number of aryl methyl sites for hydroxylation is 1. The summed E-state index contributed by atoms with van der Waals surface area (Å²) in [6.45, 7) is 6.32. The molecule has 0 aliphatic rings. The van der Waals surface area contributed by atoms with Gasteiger partial charge in [-0.05, 0) is 23.6 Å². The number of thiocarbonyl (C=S) groups is 1. The first-order chi connectivity index (χ1) is 14.4. The summed E-state index contributed by atoms with van der Waals surface area (Å²) in [7, 11) is 1.55. The molecule has 0 saturated carbocycles. The van der Waals surface area contributed by atoms with Gasteiger partial charge in [0.15, 0.2) is 4.80 Å². The molecule has 168 valence electrons. The predicted octanol–water partition coefficient (Wildman–Crippen LogP) is 4.97. The van der Waals surface area contributed by atoms with E-state index in [9.17, 15) is 18.4 Å². The van der Waals surface area contributed by atoms with Crippen molar-refractivity contribution in [3.63, 3.8) is 0 Å². The summed E-state index contributed by atoms with van der Waals surface area (Å²) in [4.78, 5) is 5.84. The van der Waals surface area contributed by atoms with Gasteiger partial charge in [-0.1, -0.05) is 33.0 Å². The van der Waals surface area contributed by atoms with E-state index < -0.39 is 12.6 Å². The van der Waals surface area contributed by atoms with Crippen molar-refractivity contribution in [2.24, 2.45) is 4.99 Å². The van der Waals surface area contributed by atoms with Crippen LogP contribution < -0.4 is 9.54 Å². The van der Waals surface area contributed by atoms with Crippen LogP contribution in [0.4, 0.5) is 13.2 Å². The van der Waals surface area contributed by atoms with Gasteiger partial charge < -0.3 is 14.0 Å². The minimum absolute atomic E-state index is 0.132. The van der Waals surface area contributed by atoms with Crippen molar-refractivity contribution >= 4 is 28.5 Å². The number of nitrogens with zero attached hydrogens (tertiary/aromatic N) is 3. The van der Waals surface area contributed by atoms with Crippen molar-refractivity contribution in [2.45, 2.75) is 45.3 Å². The van der Waals surface area contributed by atoms with Gasteiger partial charge in [0.25, 0.3) is 0 Å². The van der Waals surface area contributed by atoms with Gasteiger partial charge >= 0.3 is 6.18 Å². The molecule has 0 radical (unpaired) electrons. The first-order valence-electron chi connectivity index (χ1n) is 9.47. The second-order valence-electron chi connectivity index (χ2n) is 7.77. The Kier molecular flexibility index (Phi) is 8.40. The molecule has 2 aromatic rings. The summed E-state index contributed by atoms with van der Waals surface area (Å²) in [5, 5.41) is 9.23. The van der Waals surface area contributed by atoms with Crippen molar-refractivity contribution < 1.29 is 22.6 Å². The van der Waals surface area contributed by atoms with Gasteiger partial charge in [-0.2, -0.15) is 18.4 Å². The lowest BCUT2D eigenvalue weighted by Gasteiger charge is -2.14. The summed E-state index contributed by atoms with van der Waals surface area (Å²) < 4.78 is 50.5. The summed E-state index contributed by atoms with van der Waals surface area (Å²) in [5.41, 5.74) is 0.547. The standard InChI is InChI=1S/C21H24F3N3O2S2/c1-20(2,3)17-13-27(8-7-21(22,23)24)19(31-17)26-18(30)15-11-14(12-25)5-6-16(15)29-10-9-28-4/h5-6,11,13H,7-10H2,1-4H3. The monoisotopic (exact) mass is 471 g/mol. The highest BCUT2D eigenvalue weighted by atomic mass is 32.1. The molecule has 0 unspecified atom stereocenters. The molecule has 0 aliphatic heterocycles. The maximum absolute atomic E-state index is 12.8. The Morgan fingerprint density at radius 3 is 2.55 bits per heavy atom. The SMILES string of the molecule is COCCOc1ccc(C#N)cc1C(=S)N=c1sc(C(C)(C)C)cn1CCC(F)(F)F. The van der Waals surface area contributed by atoms with E-state index >= 15 is 0 Å². The van der Waals surface area contributed by atoms with Gasteiger partial charge in [-0.15, -0.1) is 11.3 Å². The van der Waals surface area contributed by atoms with Crippen LogP contribution in [-0.2, 0) is 16.7 Å². The normalized spacial score (nSPS) is 12.6. The molecule has 2 rings (SSSR count). The van der Waals surface area contributed by atoms with E-state index in [1.54, 1.807) is 31.5 Å². The number of benzene rings is 1. The van der Waals surface area contributed by atoms with Crippen LogP contribution in [0.25, 0.3) is 0 Å². The number of aromatic nitrogens is 1. The van der Waals surface area contributed by atoms with E-state index in [0.717, 1.165) is 4.88 Å². The number of ether oxygens (including phenoxy) is 2. The average Bonchev–Trinajstić information content (AvgIpc) is 3.09. The quantitative estimate of drug-likeness (QED) is 0.423. The van der Waals surface area contributed by atoms with Crippen LogP contribution >= 0.6 is 23.6 Å². The third-order valence-corrected chi connectivity index (χ3v) is 5.93. The molecule has 0 amide bonds. The second-order valence-corrected chi connectivity index (χ2v) is 9.16. The molecule has 0 atom stereocenters. The van der Waals surface area contributed by atoms with Crippen molar-refractivity contribution in [3.05, 3.63) is 45.2 Å². The van der Waals surface area contributed by atoms with E-state index in [2.05, 4.69) is 4.99 Å². The van der Waals surface area contributed by atoms with Gasteiger partial charge in [0.2, 0.25) is 0 Å². The third-order valence-electron chi connectivity index (χ3n) is 4.18. The lowest BCUT2D eigenvalue weighted by molar-refractivity contribution is -0.136. The van der Waals surface area contributed by atoms with Crippen LogP contribution in [0.5, 0.6) is 5.75 Å². The molecule has 1 aromatic carbocycles. The lowest BCUT2D eigenvalue weighted by Crippen LogP contribution is -2.20. The highest BCUT2D eigenvalue weighted by Crippen LogP contribution is 2.26. The Morgan fingerprint density at radius 1 is 1.26 bits per heavy atom. The zero-order chi connectivity index (χ0) is 23.2. The van der Waals surface area contributed by atoms with Gasteiger partial charge in [-0.3, -0.25) is 0 Å². The Morgan fingerprint density at radius 2 is 1.97 bits per heavy atom. The van der Waals surface area contributed by atoms with Crippen molar-refractivity contribution in [3.8, 4) is 11.8 Å². The number of rotatable bonds is 7. The Labute approximate surface area is 188 Å². The van der Waals surface area contributed by atoms with Gasteiger partial charge in [-0.25, -0.2) is 4.99 Å². The number of nitriles is 1. The maximum Gasteiger partial charge on any atom is 0.390 e. The van der Waals surface area contributed by atoms with Crippen LogP contribution in [-0.4, -0.2) is 36.1 Å². The van der Waals surface area contributed by atoms with E-state index in [1.165, 1.54) is 15.9 Å². The van der Waals surface area contributed by atoms with Gasteiger partial charge in [0.1, 0.15) is 17.3 Å². The molecule has 1 heterocycles. The van der Waals surface area contributed by atoms with Crippen LogP contribution in [0, 0.1) is 11.3 Å². The molecule has 5 nitrogen and oxygen atoms in total. The molecule has 0 N–H and O–H groups in total. The fourth-order valence-corrected chi connectivity index (χ4v) is 3.88. The van der Waals surface area contributed by atoms with E-state index in [1.807, 2.05) is 26.8 Å². The summed E-state index contributed by atoms with van der Waals surface area (Å²) in [6, 6.07) is 6.83. The predicted molar refractivity (Wildman–Crippen MR) is 117 cm³/mol. The van der Waals surface area contributed by atoms with Gasteiger partial charge in [0, 0.05) is 24.7 Å². The number of hydrogen-bond acceptors (Lipinski definition) is 5. The Bertz CT molecular complexity index is 1030. The first-order valence-corrected chi connectivity index (χ1v) is 10.7. The number of methoxy groups -OCH3 is 1. The molecular weight excluding hydrogens is 447 g/mol. The van der Waals surface area contributed by atoms with Crippen molar-refractivity contribution in [1.29, 1.82) is 5.26 Å². The number of alkyl halides is 3. The number of thiazole rings is 1. The van der Waals surface area contributed by atoms with E-state index in [-0.39, 0.29) is 23.6 Å². The number of hydrogen-bond donors (Lipinski definition) is 0. The molecule has 0 bridgehead atoms. The first kappa shape index (κ1) is 25.0. The third kappa shape index (κ3) is 7.45. The van der Waals surface area contributed by atoms with Crippen molar-refractivity contribution in [2.75, 3.05) is 20.3 Å². The zero-order valence-corrected chi connectivity index (χ0v) is 19.4. The van der Waals surface area contributed by atoms with Crippen LogP contribution in [0.2, 0.25) is 0 Å². The zero-order valence-electron chi connectivity index (χ0n) is 17.7. The average molecular weight is 472 g/mol. The molecule has 0 fully saturated rings. The minimum atomic E-state index is -4.28. The highest BCUT2D eigenvalue weighted by molar-refractivity contribution is 7.80. The van der Waals surface area contributed by atoms with Crippen LogP contribution in [0.15, 0.2) is 29.4 Å². The molecule has 1 aromatic heterocycles. The highest BCUT2D eigenvalue weighted by Gasteiger charge is 2.27. The smallest absolute Gasteiger partial charge is 0.390 e. The molecule has 31 heavy (non-hydrogen) atoms. The summed E-state index contributed by atoms with van der Waals surface area (Å²) in [5.74, 6) is 0.430. The molecular formula is C21H24F3N3O2S2. The fourth-order valence-electron chi connectivity index (χ4n) is 2.50.